The number of hydrogen-bond donors (Lipinski definition) is 2. The summed E-state index contributed by atoms with van der Waals surface area (Å²) in [7, 11) is -3.70. The minimum atomic E-state index is -3.70. The number of anilines is 1. The molecule has 0 aliphatic heterocycles. The predicted octanol–water partition coefficient (Wildman–Crippen LogP) is 2.76. The van der Waals surface area contributed by atoms with Crippen molar-refractivity contribution in [2.45, 2.75) is 25.7 Å². The Morgan fingerprint density at radius 2 is 1.88 bits per heavy atom. The van der Waals surface area contributed by atoms with E-state index >= 15 is 0 Å². The average molecular weight is 377 g/mol. The number of nitrogens with zero attached hydrogens (tertiary/aromatic N) is 1. The Balaban J connectivity index is 2.39. The number of benzene rings is 2. The first kappa shape index (κ1) is 19.5. The highest BCUT2D eigenvalue weighted by atomic mass is 32.2. The van der Waals surface area contributed by atoms with Crippen molar-refractivity contribution in [1.29, 1.82) is 0 Å². The first-order valence-corrected chi connectivity index (χ1v) is 9.31. The summed E-state index contributed by atoms with van der Waals surface area (Å²) in [6.07, 6.45) is 0. The molecule has 2 aromatic rings. The van der Waals surface area contributed by atoms with Crippen LogP contribution >= 0.6 is 0 Å². The van der Waals surface area contributed by atoms with Gasteiger partial charge in [-0.05, 0) is 37.6 Å². The Morgan fingerprint density at radius 3 is 2.50 bits per heavy atom. The lowest BCUT2D eigenvalue weighted by atomic mass is 10.1. The molecular weight excluding hydrogens is 358 g/mol. The largest absolute Gasteiger partial charge is 0.321 e. The lowest BCUT2D eigenvalue weighted by Gasteiger charge is -2.12. The molecule has 2 N–H and O–H groups in total. The van der Waals surface area contributed by atoms with E-state index in [-0.39, 0.29) is 22.7 Å². The Bertz CT molecular complexity index is 970. The van der Waals surface area contributed by atoms with Crippen molar-refractivity contribution in [1.82, 2.24) is 4.72 Å². The fraction of sp³-hybridized carbons (Fsp3) is 0.235. The minimum absolute atomic E-state index is 0.0223. The number of amides is 1. The molecule has 9 heteroatoms. The average Bonchev–Trinajstić information content (AvgIpc) is 2.56. The third-order valence-corrected chi connectivity index (χ3v) is 5.39. The van der Waals surface area contributed by atoms with E-state index in [9.17, 15) is 23.3 Å². The van der Waals surface area contributed by atoms with E-state index in [1.165, 1.54) is 31.2 Å². The van der Waals surface area contributed by atoms with Crippen LogP contribution in [-0.2, 0) is 10.0 Å². The van der Waals surface area contributed by atoms with Crippen molar-refractivity contribution in [3.8, 4) is 0 Å². The highest BCUT2D eigenvalue weighted by Gasteiger charge is 2.19. The number of nitro benzene ring substituents is 1. The molecule has 0 atom stereocenters. The molecule has 2 aromatic carbocycles. The van der Waals surface area contributed by atoms with Crippen molar-refractivity contribution in [3.05, 3.63) is 63.2 Å². The van der Waals surface area contributed by atoms with Gasteiger partial charge >= 0.3 is 0 Å². The summed E-state index contributed by atoms with van der Waals surface area (Å²) in [5, 5.41) is 13.6. The van der Waals surface area contributed by atoms with E-state index in [0.717, 1.165) is 0 Å². The maximum atomic E-state index is 12.6. The van der Waals surface area contributed by atoms with Gasteiger partial charge in [0.1, 0.15) is 0 Å². The van der Waals surface area contributed by atoms with Gasteiger partial charge in [0.05, 0.1) is 21.1 Å². The van der Waals surface area contributed by atoms with Crippen LogP contribution in [0.15, 0.2) is 41.3 Å². The molecular formula is C17H19N3O5S. The lowest BCUT2D eigenvalue weighted by Crippen LogP contribution is -2.24. The fourth-order valence-electron chi connectivity index (χ4n) is 2.43. The number of nitro groups is 1. The molecule has 26 heavy (non-hydrogen) atoms. The quantitative estimate of drug-likeness (QED) is 0.593. The molecule has 0 spiro atoms. The third-order valence-electron chi connectivity index (χ3n) is 3.85. The smallest absolute Gasteiger partial charge is 0.274 e. The highest BCUT2D eigenvalue weighted by Crippen LogP contribution is 2.26. The van der Waals surface area contributed by atoms with Gasteiger partial charge in [0, 0.05) is 18.2 Å². The first-order valence-electron chi connectivity index (χ1n) is 7.83. The highest BCUT2D eigenvalue weighted by molar-refractivity contribution is 7.89. The molecule has 8 nitrogen and oxygen atoms in total. The van der Waals surface area contributed by atoms with E-state index in [4.69, 9.17) is 0 Å². The number of aryl methyl sites for hydroxylation is 1. The van der Waals surface area contributed by atoms with Gasteiger partial charge in [-0.3, -0.25) is 14.9 Å². The van der Waals surface area contributed by atoms with Gasteiger partial charge in [-0.15, -0.1) is 0 Å². The predicted molar refractivity (Wildman–Crippen MR) is 97.8 cm³/mol. The van der Waals surface area contributed by atoms with Crippen LogP contribution in [0.4, 0.5) is 11.4 Å². The van der Waals surface area contributed by atoms with Crippen molar-refractivity contribution in [2.75, 3.05) is 11.9 Å². The van der Waals surface area contributed by atoms with E-state index in [0.29, 0.717) is 16.8 Å². The Labute approximate surface area is 151 Å². The molecule has 138 valence electrons. The molecule has 0 unspecified atom stereocenters. The van der Waals surface area contributed by atoms with Crippen molar-refractivity contribution < 1.29 is 18.1 Å². The van der Waals surface area contributed by atoms with Crippen LogP contribution in [0, 0.1) is 24.0 Å². The molecule has 0 heterocycles. The van der Waals surface area contributed by atoms with Crippen LogP contribution < -0.4 is 10.0 Å². The van der Waals surface area contributed by atoms with Crippen LogP contribution in [0.2, 0.25) is 0 Å². The number of rotatable bonds is 6. The molecule has 2 rings (SSSR count). The summed E-state index contributed by atoms with van der Waals surface area (Å²) >= 11 is 0. The van der Waals surface area contributed by atoms with E-state index in [1.54, 1.807) is 26.0 Å². The summed E-state index contributed by atoms with van der Waals surface area (Å²) < 4.78 is 26.6. The SMILES string of the molecule is CCNS(=O)(=O)c1ccc(C)c(C(=O)Nc2cccc([N+](=O)[O-])c2C)c1. The minimum Gasteiger partial charge on any atom is -0.321 e. The van der Waals surface area contributed by atoms with Crippen molar-refractivity contribution in [3.63, 3.8) is 0 Å². The molecule has 1 amide bonds. The Kier molecular flexibility index (Phi) is 5.73. The standard InChI is InChI=1S/C17H19N3O5S/c1-4-18-26(24,25)13-9-8-11(2)14(10-13)17(21)19-15-6-5-7-16(12(15)3)20(22)23/h5-10,18H,4H2,1-3H3,(H,19,21). The van der Waals surface area contributed by atoms with Crippen LogP contribution in [0.5, 0.6) is 0 Å². The molecule has 0 bridgehead atoms. The maximum Gasteiger partial charge on any atom is 0.274 e. The molecule has 0 aromatic heterocycles. The molecule has 0 saturated heterocycles. The zero-order valence-electron chi connectivity index (χ0n) is 14.6. The number of carbonyl (C=O) groups excluding carboxylic acids is 1. The summed E-state index contributed by atoms with van der Waals surface area (Å²) in [5.41, 5.74) is 1.27. The van der Waals surface area contributed by atoms with Gasteiger partial charge in [0.2, 0.25) is 10.0 Å². The normalized spacial score (nSPS) is 11.2. The van der Waals surface area contributed by atoms with E-state index < -0.39 is 20.9 Å². The second-order valence-corrected chi connectivity index (χ2v) is 7.41. The lowest BCUT2D eigenvalue weighted by molar-refractivity contribution is -0.385. The van der Waals surface area contributed by atoms with Gasteiger partial charge in [-0.25, -0.2) is 13.1 Å². The molecule has 0 aliphatic rings. The fourth-order valence-corrected chi connectivity index (χ4v) is 3.50. The third kappa shape index (κ3) is 4.06. The second-order valence-electron chi connectivity index (χ2n) is 5.64. The number of hydrogen-bond acceptors (Lipinski definition) is 5. The Morgan fingerprint density at radius 1 is 1.19 bits per heavy atom. The molecule has 0 aliphatic carbocycles. The summed E-state index contributed by atoms with van der Waals surface area (Å²) in [6, 6.07) is 8.62. The van der Waals surface area contributed by atoms with Gasteiger partial charge in [-0.2, -0.15) is 0 Å². The van der Waals surface area contributed by atoms with Crippen molar-refractivity contribution >= 4 is 27.3 Å². The number of nitrogens with one attached hydrogen (secondary N) is 2. The summed E-state index contributed by atoms with van der Waals surface area (Å²) in [4.78, 5) is 23.1. The molecule has 0 radical (unpaired) electrons. The second kappa shape index (κ2) is 7.63. The van der Waals surface area contributed by atoms with Crippen molar-refractivity contribution in [2.24, 2.45) is 0 Å². The van der Waals surface area contributed by atoms with Gasteiger partial charge < -0.3 is 5.32 Å². The van der Waals surface area contributed by atoms with Gasteiger partial charge in [0.25, 0.3) is 11.6 Å². The van der Waals surface area contributed by atoms with Gasteiger partial charge in [-0.1, -0.05) is 19.1 Å². The van der Waals surface area contributed by atoms with Crippen LogP contribution in [0.25, 0.3) is 0 Å². The Hall–Kier alpha value is -2.78. The zero-order chi connectivity index (χ0) is 19.5. The maximum absolute atomic E-state index is 12.6. The monoisotopic (exact) mass is 377 g/mol. The topological polar surface area (TPSA) is 118 Å². The molecule has 0 fully saturated rings. The van der Waals surface area contributed by atoms with Crippen LogP contribution in [-0.4, -0.2) is 25.8 Å². The van der Waals surface area contributed by atoms with Crippen LogP contribution in [0.1, 0.15) is 28.4 Å². The number of sulfonamides is 1. The zero-order valence-corrected chi connectivity index (χ0v) is 15.4. The summed E-state index contributed by atoms with van der Waals surface area (Å²) in [5.74, 6) is -0.542. The first-order chi connectivity index (χ1) is 12.2. The molecule has 0 saturated carbocycles. The number of carbonyl (C=O) groups is 1. The van der Waals surface area contributed by atoms with E-state index in [2.05, 4.69) is 10.0 Å². The van der Waals surface area contributed by atoms with Crippen LogP contribution in [0.3, 0.4) is 0 Å². The van der Waals surface area contributed by atoms with E-state index in [1.807, 2.05) is 0 Å². The summed E-state index contributed by atoms with van der Waals surface area (Å²) in [6.45, 7) is 5.10. The van der Waals surface area contributed by atoms with Gasteiger partial charge in [0.15, 0.2) is 0 Å².